The molecule has 0 bridgehead atoms. The van der Waals surface area contributed by atoms with Crippen molar-refractivity contribution in [2.24, 2.45) is 5.92 Å². The van der Waals surface area contributed by atoms with E-state index in [4.69, 9.17) is 4.74 Å². The van der Waals surface area contributed by atoms with E-state index in [0.717, 1.165) is 5.92 Å². The molecule has 0 radical (unpaired) electrons. The quantitative estimate of drug-likeness (QED) is 0.725. The summed E-state index contributed by atoms with van der Waals surface area (Å²) in [6, 6.07) is 1.15. The van der Waals surface area contributed by atoms with Gasteiger partial charge in [-0.3, -0.25) is 0 Å². The van der Waals surface area contributed by atoms with E-state index in [9.17, 15) is 0 Å². The third-order valence-corrected chi connectivity index (χ3v) is 3.91. The van der Waals surface area contributed by atoms with Crippen LogP contribution in [0.2, 0.25) is 0 Å². The number of hydrogen-bond acceptors (Lipinski definition) is 2. The molecule has 0 aliphatic heterocycles. The van der Waals surface area contributed by atoms with Crippen LogP contribution in [-0.2, 0) is 4.74 Å². The maximum atomic E-state index is 5.36. The Kier molecular flexibility index (Phi) is 5.62. The van der Waals surface area contributed by atoms with Gasteiger partial charge in [-0.05, 0) is 32.6 Å². The molecule has 1 aliphatic carbocycles. The van der Waals surface area contributed by atoms with Gasteiger partial charge in [-0.1, -0.05) is 26.2 Å². The van der Waals surface area contributed by atoms with E-state index in [-0.39, 0.29) is 0 Å². The first kappa shape index (κ1) is 13.0. The molecule has 0 heterocycles. The second-order valence-electron chi connectivity index (χ2n) is 5.12. The van der Waals surface area contributed by atoms with E-state index in [0.29, 0.717) is 18.2 Å². The Hall–Kier alpha value is -0.0800. The Morgan fingerprint density at radius 2 is 1.80 bits per heavy atom. The van der Waals surface area contributed by atoms with Crippen molar-refractivity contribution in [1.82, 2.24) is 5.32 Å². The summed E-state index contributed by atoms with van der Waals surface area (Å²) < 4.78 is 5.36. The molecule has 90 valence electrons. The molecule has 0 amide bonds. The molecule has 0 spiro atoms. The van der Waals surface area contributed by atoms with Crippen molar-refractivity contribution in [2.45, 2.75) is 71.1 Å². The zero-order valence-corrected chi connectivity index (χ0v) is 10.8. The fourth-order valence-electron chi connectivity index (χ4n) is 2.42. The van der Waals surface area contributed by atoms with Gasteiger partial charge < -0.3 is 10.1 Å². The van der Waals surface area contributed by atoms with E-state index < -0.39 is 0 Å². The first-order chi connectivity index (χ1) is 7.15. The summed E-state index contributed by atoms with van der Waals surface area (Å²) in [4.78, 5) is 0. The van der Waals surface area contributed by atoms with Gasteiger partial charge in [0.25, 0.3) is 0 Å². The topological polar surface area (TPSA) is 21.3 Å². The molecular formula is C13H27NO. The molecule has 1 saturated carbocycles. The summed E-state index contributed by atoms with van der Waals surface area (Å²) in [6.07, 6.45) is 7.23. The van der Waals surface area contributed by atoms with Crippen molar-refractivity contribution < 1.29 is 4.74 Å². The van der Waals surface area contributed by atoms with Crippen LogP contribution in [0.5, 0.6) is 0 Å². The third-order valence-electron chi connectivity index (χ3n) is 3.91. The standard InChI is InChI=1S/C13H27NO/c1-10-8-6-5-7-9-13(10)14-11(2)12(3)15-4/h10-14H,5-9H2,1-4H3. The van der Waals surface area contributed by atoms with Crippen molar-refractivity contribution in [2.75, 3.05) is 7.11 Å². The highest BCUT2D eigenvalue weighted by molar-refractivity contribution is 4.81. The van der Waals surface area contributed by atoms with Gasteiger partial charge >= 0.3 is 0 Å². The number of nitrogens with one attached hydrogen (secondary N) is 1. The minimum atomic E-state index is 0.306. The Morgan fingerprint density at radius 3 is 2.47 bits per heavy atom. The van der Waals surface area contributed by atoms with E-state index in [2.05, 4.69) is 26.1 Å². The van der Waals surface area contributed by atoms with Crippen LogP contribution < -0.4 is 5.32 Å². The van der Waals surface area contributed by atoms with Crippen molar-refractivity contribution in [3.8, 4) is 0 Å². The van der Waals surface area contributed by atoms with Gasteiger partial charge in [0.15, 0.2) is 0 Å². The lowest BCUT2D eigenvalue weighted by molar-refractivity contribution is 0.0805. The summed E-state index contributed by atoms with van der Waals surface area (Å²) in [7, 11) is 1.79. The van der Waals surface area contributed by atoms with E-state index in [1.165, 1.54) is 32.1 Å². The summed E-state index contributed by atoms with van der Waals surface area (Å²) in [5.74, 6) is 0.819. The molecule has 4 atom stereocenters. The largest absolute Gasteiger partial charge is 0.380 e. The average molecular weight is 213 g/mol. The highest BCUT2D eigenvalue weighted by Gasteiger charge is 2.22. The molecule has 0 saturated heterocycles. The molecule has 1 aliphatic rings. The minimum absolute atomic E-state index is 0.306. The van der Waals surface area contributed by atoms with Crippen LogP contribution in [-0.4, -0.2) is 25.3 Å². The van der Waals surface area contributed by atoms with Crippen molar-refractivity contribution >= 4 is 0 Å². The van der Waals surface area contributed by atoms with Gasteiger partial charge in [-0.2, -0.15) is 0 Å². The monoisotopic (exact) mass is 213 g/mol. The molecule has 0 aromatic heterocycles. The second-order valence-corrected chi connectivity index (χ2v) is 5.12. The lowest BCUT2D eigenvalue weighted by Crippen LogP contribution is -2.45. The van der Waals surface area contributed by atoms with Crippen LogP contribution in [0, 0.1) is 5.92 Å². The number of methoxy groups -OCH3 is 1. The molecule has 4 unspecified atom stereocenters. The molecular weight excluding hydrogens is 186 g/mol. The van der Waals surface area contributed by atoms with Gasteiger partial charge in [0.2, 0.25) is 0 Å². The smallest absolute Gasteiger partial charge is 0.0693 e. The highest BCUT2D eigenvalue weighted by Crippen LogP contribution is 2.23. The maximum absolute atomic E-state index is 5.36. The Morgan fingerprint density at radius 1 is 1.13 bits per heavy atom. The second kappa shape index (κ2) is 6.49. The molecule has 15 heavy (non-hydrogen) atoms. The molecule has 1 rings (SSSR count). The molecule has 0 aromatic rings. The van der Waals surface area contributed by atoms with Gasteiger partial charge in [0.05, 0.1) is 6.10 Å². The van der Waals surface area contributed by atoms with Gasteiger partial charge in [0, 0.05) is 19.2 Å². The van der Waals surface area contributed by atoms with Gasteiger partial charge in [-0.25, -0.2) is 0 Å². The molecule has 1 fully saturated rings. The number of ether oxygens (including phenoxy) is 1. The zero-order chi connectivity index (χ0) is 11.3. The first-order valence-corrected chi connectivity index (χ1v) is 6.44. The predicted octanol–water partition coefficient (Wildman–Crippen LogP) is 2.97. The molecule has 1 N–H and O–H groups in total. The molecule has 2 heteroatoms. The van der Waals surface area contributed by atoms with E-state index >= 15 is 0 Å². The van der Waals surface area contributed by atoms with Crippen molar-refractivity contribution in [1.29, 1.82) is 0 Å². The summed E-state index contributed by atoms with van der Waals surface area (Å²) in [5.41, 5.74) is 0. The van der Waals surface area contributed by atoms with Crippen LogP contribution in [0.4, 0.5) is 0 Å². The highest BCUT2D eigenvalue weighted by atomic mass is 16.5. The Labute approximate surface area is 94.8 Å². The van der Waals surface area contributed by atoms with E-state index in [1.54, 1.807) is 7.11 Å². The van der Waals surface area contributed by atoms with Gasteiger partial charge in [-0.15, -0.1) is 0 Å². The fourth-order valence-corrected chi connectivity index (χ4v) is 2.42. The van der Waals surface area contributed by atoms with Crippen molar-refractivity contribution in [3.05, 3.63) is 0 Å². The SMILES string of the molecule is COC(C)C(C)NC1CCCCCC1C. The van der Waals surface area contributed by atoms with Crippen LogP contribution in [0.1, 0.15) is 52.9 Å². The first-order valence-electron chi connectivity index (χ1n) is 6.44. The maximum Gasteiger partial charge on any atom is 0.0693 e. The summed E-state index contributed by atoms with van der Waals surface area (Å²) >= 11 is 0. The zero-order valence-electron chi connectivity index (χ0n) is 10.8. The van der Waals surface area contributed by atoms with Crippen LogP contribution >= 0.6 is 0 Å². The lowest BCUT2D eigenvalue weighted by atomic mass is 9.96. The fraction of sp³-hybridized carbons (Fsp3) is 1.00. The van der Waals surface area contributed by atoms with Crippen LogP contribution in [0.15, 0.2) is 0 Å². The summed E-state index contributed by atoms with van der Waals surface area (Å²) in [6.45, 7) is 6.75. The van der Waals surface area contributed by atoms with Gasteiger partial charge in [0.1, 0.15) is 0 Å². The van der Waals surface area contributed by atoms with Crippen LogP contribution in [0.25, 0.3) is 0 Å². The number of hydrogen-bond donors (Lipinski definition) is 1. The number of rotatable bonds is 4. The Bertz CT molecular complexity index is 172. The van der Waals surface area contributed by atoms with Crippen molar-refractivity contribution in [3.63, 3.8) is 0 Å². The normalized spacial score (nSPS) is 32.0. The molecule has 2 nitrogen and oxygen atoms in total. The van der Waals surface area contributed by atoms with E-state index in [1.807, 2.05) is 0 Å². The third kappa shape index (κ3) is 4.12. The molecule has 0 aromatic carbocycles. The van der Waals surface area contributed by atoms with Crippen LogP contribution in [0.3, 0.4) is 0 Å². The average Bonchev–Trinajstić information content (AvgIpc) is 2.43. The summed E-state index contributed by atoms with van der Waals surface area (Å²) in [5, 5.41) is 3.73. The Balaban J connectivity index is 2.40. The minimum Gasteiger partial charge on any atom is -0.380 e. The lowest BCUT2D eigenvalue weighted by Gasteiger charge is -2.29. The predicted molar refractivity (Wildman–Crippen MR) is 65.1 cm³/mol.